The molecule has 0 saturated heterocycles. The van der Waals surface area contributed by atoms with Gasteiger partial charge in [0.15, 0.2) is 5.06 Å². The summed E-state index contributed by atoms with van der Waals surface area (Å²) in [5.41, 5.74) is -3.87. The van der Waals surface area contributed by atoms with Gasteiger partial charge in [-0.15, -0.1) is 11.3 Å². The average Bonchev–Trinajstić information content (AvgIpc) is 3.71. The summed E-state index contributed by atoms with van der Waals surface area (Å²) in [7, 11) is -5.01. The smallest absolute Gasteiger partial charge is 0.497 e. The van der Waals surface area contributed by atoms with Crippen LogP contribution in [0.4, 0.5) is 13.2 Å². The van der Waals surface area contributed by atoms with Gasteiger partial charge in [-0.05, 0) is 94.2 Å². The molecule has 0 fully saturated rings. The molecule has 0 N–H and O–H groups in total. The topological polar surface area (TPSA) is 71.1 Å². The van der Waals surface area contributed by atoms with Crippen LogP contribution in [0.2, 0.25) is 0 Å². The Bertz CT molecular complexity index is 1750. The molecule has 6 nitrogen and oxygen atoms in total. The van der Waals surface area contributed by atoms with Gasteiger partial charge in [-0.2, -0.15) is 25.2 Å². The number of hydrogen-bond acceptors (Lipinski definition) is 8. The summed E-state index contributed by atoms with van der Waals surface area (Å²) in [6.07, 6.45) is 0. The highest BCUT2D eigenvalue weighted by Crippen LogP contribution is 2.72. The fraction of sp³-hybridized carbons (Fsp3) is 0.133. The van der Waals surface area contributed by atoms with Crippen molar-refractivity contribution in [2.24, 2.45) is 0 Å². The van der Waals surface area contributed by atoms with Crippen LogP contribution in [0.5, 0.6) is 16.6 Å². The van der Waals surface area contributed by atoms with Crippen molar-refractivity contribution < 1.29 is 39.4 Å². The number of thiophene rings is 2. The van der Waals surface area contributed by atoms with Gasteiger partial charge < -0.3 is 14.2 Å². The number of benzene rings is 3. The first-order valence-corrected chi connectivity index (χ1v) is 17.1. The van der Waals surface area contributed by atoms with Crippen LogP contribution in [0, 0.1) is 0 Å². The van der Waals surface area contributed by atoms with Crippen LogP contribution in [-0.2, 0) is 13.7 Å². The van der Waals surface area contributed by atoms with Crippen LogP contribution in [0.25, 0.3) is 20.9 Å². The number of alkyl halides is 3. The quantitative estimate of drug-likeness (QED) is 0.138. The molecule has 0 atom stereocenters. The second kappa shape index (κ2) is 12.2. The van der Waals surface area contributed by atoms with Crippen molar-refractivity contribution in [2.45, 2.75) is 19.5 Å². The SMILES string of the molecule is COc1ccc(S(OS(=O)(=O)C(F)(F)F)(c2ccc(OC)cc2)c2ccc(-c3ccc(-c4ccc(OC)s4)cc3)s2)cc1. The van der Waals surface area contributed by atoms with Gasteiger partial charge in [0.05, 0.1) is 25.5 Å². The van der Waals surface area contributed by atoms with Crippen molar-refractivity contribution >= 4 is 43.1 Å². The third-order valence-electron chi connectivity index (χ3n) is 6.36. The summed E-state index contributed by atoms with van der Waals surface area (Å²) in [5, 5.41) is 0.784. The number of methoxy groups -OCH3 is 3. The molecule has 0 aliphatic carbocycles. The summed E-state index contributed by atoms with van der Waals surface area (Å²) in [6, 6.07) is 27.2. The summed E-state index contributed by atoms with van der Waals surface area (Å²) in [6.45, 7) is 0. The molecule has 0 spiro atoms. The zero-order valence-corrected chi connectivity index (χ0v) is 26.2. The van der Waals surface area contributed by atoms with Gasteiger partial charge in [-0.3, -0.25) is 0 Å². The van der Waals surface area contributed by atoms with Gasteiger partial charge >= 0.3 is 15.6 Å². The lowest BCUT2D eigenvalue weighted by Gasteiger charge is -2.38. The van der Waals surface area contributed by atoms with Crippen molar-refractivity contribution in [3.8, 4) is 37.4 Å². The maximum atomic E-state index is 13.9. The van der Waals surface area contributed by atoms with Crippen LogP contribution in [0.3, 0.4) is 0 Å². The van der Waals surface area contributed by atoms with Crippen LogP contribution in [-0.4, -0.2) is 35.3 Å². The molecular formula is C30H25F3O6S4. The average molecular weight is 667 g/mol. The van der Waals surface area contributed by atoms with E-state index in [1.807, 2.05) is 36.4 Å². The number of halogens is 3. The van der Waals surface area contributed by atoms with E-state index in [9.17, 15) is 21.6 Å². The Morgan fingerprint density at radius 1 is 0.581 bits per heavy atom. The molecule has 5 aromatic rings. The number of rotatable bonds is 10. The van der Waals surface area contributed by atoms with E-state index in [2.05, 4.69) is 0 Å². The molecule has 13 heteroatoms. The zero-order chi connectivity index (χ0) is 30.8. The molecule has 0 bridgehead atoms. The van der Waals surface area contributed by atoms with Crippen LogP contribution < -0.4 is 14.2 Å². The monoisotopic (exact) mass is 666 g/mol. The summed E-state index contributed by atoms with van der Waals surface area (Å²) >= 11 is 2.67. The molecule has 0 aliphatic rings. The minimum Gasteiger partial charge on any atom is -0.497 e. The van der Waals surface area contributed by atoms with Crippen molar-refractivity contribution in [1.29, 1.82) is 0 Å². The van der Waals surface area contributed by atoms with Gasteiger partial charge in [0.25, 0.3) is 0 Å². The fourth-order valence-electron chi connectivity index (χ4n) is 4.20. The summed E-state index contributed by atoms with van der Waals surface area (Å²) in [4.78, 5) is 2.21. The van der Waals surface area contributed by atoms with Crippen molar-refractivity contribution in [3.05, 3.63) is 97.1 Å². The fourth-order valence-corrected chi connectivity index (χ4v) is 11.7. The van der Waals surface area contributed by atoms with Crippen molar-refractivity contribution in [2.75, 3.05) is 21.3 Å². The van der Waals surface area contributed by atoms with Crippen LogP contribution in [0.15, 0.2) is 111 Å². The lowest BCUT2D eigenvalue weighted by molar-refractivity contribution is -0.0496. The molecule has 0 saturated carbocycles. The second-order valence-electron chi connectivity index (χ2n) is 8.89. The first kappa shape index (κ1) is 31.0. The van der Waals surface area contributed by atoms with Gasteiger partial charge in [0, 0.05) is 19.5 Å². The van der Waals surface area contributed by atoms with Crippen LogP contribution in [0.1, 0.15) is 0 Å². The summed E-state index contributed by atoms with van der Waals surface area (Å²) < 4.78 is 88.5. The third kappa shape index (κ3) is 6.13. The standard InChI is InChI=1S/C30H25F3O6S4/c1-36-22-8-12-24(13-9-22)42(39-43(34,35)30(31,32)33,25-14-10-23(37-2)11-15-25)29-19-17-27(41-29)21-6-4-20(5-7-21)26-16-18-28(38-3)40-26/h4-19H,1-3H3. The Labute approximate surface area is 256 Å². The first-order valence-electron chi connectivity index (χ1n) is 12.5. The Morgan fingerprint density at radius 3 is 1.47 bits per heavy atom. The van der Waals surface area contributed by atoms with Gasteiger partial charge in [-0.1, -0.05) is 35.6 Å². The van der Waals surface area contributed by atoms with E-state index in [1.54, 1.807) is 43.5 Å². The lowest BCUT2D eigenvalue weighted by Crippen LogP contribution is -2.27. The lowest BCUT2D eigenvalue weighted by atomic mass is 10.1. The predicted octanol–water partition coefficient (Wildman–Crippen LogP) is 9.23. The Kier molecular flexibility index (Phi) is 8.82. The normalized spacial score (nSPS) is 12.6. The molecule has 0 unspecified atom stereocenters. The predicted molar refractivity (Wildman–Crippen MR) is 164 cm³/mol. The third-order valence-corrected chi connectivity index (χ3v) is 14.0. The molecule has 43 heavy (non-hydrogen) atoms. The van der Waals surface area contributed by atoms with Gasteiger partial charge in [0.1, 0.15) is 11.5 Å². The first-order chi connectivity index (χ1) is 20.5. The highest BCUT2D eigenvalue weighted by atomic mass is 32.3. The van der Waals surface area contributed by atoms with E-state index < -0.39 is 25.9 Å². The van der Waals surface area contributed by atoms with Gasteiger partial charge in [0.2, 0.25) is 0 Å². The molecule has 0 amide bonds. The van der Waals surface area contributed by atoms with E-state index in [0.717, 1.165) is 37.3 Å². The minimum atomic E-state index is -6.05. The minimum absolute atomic E-state index is 0.238. The largest absolute Gasteiger partial charge is 0.524 e. The Balaban J connectivity index is 1.67. The van der Waals surface area contributed by atoms with E-state index in [-0.39, 0.29) is 9.79 Å². The molecule has 2 heterocycles. The maximum absolute atomic E-state index is 13.9. The van der Waals surface area contributed by atoms with E-state index in [1.165, 1.54) is 49.8 Å². The second-order valence-corrected chi connectivity index (χ2v) is 15.7. The van der Waals surface area contributed by atoms with Gasteiger partial charge in [-0.25, -0.2) is 0 Å². The maximum Gasteiger partial charge on any atom is 0.524 e. The zero-order valence-electron chi connectivity index (χ0n) is 23.0. The van der Waals surface area contributed by atoms with E-state index in [4.69, 9.17) is 17.8 Å². The molecular weight excluding hydrogens is 642 g/mol. The molecule has 2 aromatic heterocycles. The van der Waals surface area contributed by atoms with E-state index >= 15 is 0 Å². The molecule has 0 radical (unpaired) electrons. The molecule has 226 valence electrons. The van der Waals surface area contributed by atoms with Crippen LogP contribution >= 0.6 is 33.0 Å². The molecule has 3 aromatic carbocycles. The highest BCUT2D eigenvalue weighted by molar-refractivity contribution is 8.34. The number of hydrogen-bond donors (Lipinski definition) is 0. The van der Waals surface area contributed by atoms with E-state index in [0.29, 0.717) is 15.7 Å². The molecule has 0 aliphatic heterocycles. The van der Waals surface area contributed by atoms with Crippen molar-refractivity contribution in [3.63, 3.8) is 0 Å². The Morgan fingerprint density at radius 2 is 1.05 bits per heavy atom. The van der Waals surface area contributed by atoms with Crippen molar-refractivity contribution in [1.82, 2.24) is 0 Å². The Hall–Kier alpha value is -3.49. The highest BCUT2D eigenvalue weighted by Gasteiger charge is 2.53. The number of ether oxygens (including phenoxy) is 3. The summed E-state index contributed by atoms with van der Waals surface area (Å²) in [5.74, 6) is 0.890. The molecule has 5 rings (SSSR count).